The Bertz CT molecular complexity index is 1750. The minimum absolute atomic E-state index is 0.149. The van der Waals surface area contributed by atoms with Crippen molar-refractivity contribution in [3.05, 3.63) is 173 Å². The van der Waals surface area contributed by atoms with Crippen molar-refractivity contribution in [2.24, 2.45) is 0 Å². The number of carboxylic acid groups (broad SMARTS) is 1. The minimum Gasteiger partial charge on any atom is -0.478 e. The maximum absolute atomic E-state index is 13.8. The summed E-state index contributed by atoms with van der Waals surface area (Å²) in [5.41, 5.74) is 4.34. The number of carboxylic acids is 1. The van der Waals surface area contributed by atoms with Gasteiger partial charge in [0.2, 0.25) is 0 Å². The van der Waals surface area contributed by atoms with E-state index < -0.39 is 25.0 Å². The summed E-state index contributed by atoms with van der Waals surface area (Å²) in [6, 6.07) is 44.7. The summed E-state index contributed by atoms with van der Waals surface area (Å²) in [6.45, 7) is 1.94. The fourth-order valence-corrected chi connectivity index (χ4v) is 9.05. The van der Waals surface area contributed by atoms with E-state index in [1.165, 1.54) is 0 Å². The second-order valence-corrected chi connectivity index (χ2v) is 13.4. The summed E-state index contributed by atoms with van der Waals surface area (Å²) in [4.78, 5) is 24.6. The van der Waals surface area contributed by atoms with Crippen LogP contribution in [0.25, 0.3) is 0 Å². The first-order valence-electron chi connectivity index (χ1n) is 14.6. The van der Waals surface area contributed by atoms with E-state index in [1.807, 2.05) is 140 Å². The lowest BCUT2D eigenvalue weighted by atomic mass is 9.61. The fourth-order valence-electron chi connectivity index (χ4n) is 6.38. The predicted molar refractivity (Wildman–Crippen MR) is 174 cm³/mol. The van der Waals surface area contributed by atoms with E-state index in [2.05, 4.69) is 0 Å². The van der Waals surface area contributed by atoms with Crippen molar-refractivity contribution in [2.75, 3.05) is 6.61 Å². The van der Waals surface area contributed by atoms with Crippen LogP contribution in [0.5, 0.6) is 0 Å². The van der Waals surface area contributed by atoms with Crippen LogP contribution in [-0.2, 0) is 18.9 Å². The van der Waals surface area contributed by atoms with Gasteiger partial charge in [0, 0.05) is 27.7 Å². The Labute approximate surface area is 256 Å². The molecule has 0 amide bonds. The van der Waals surface area contributed by atoms with Gasteiger partial charge in [-0.15, -0.1) is 0 Å². The number of carbonyl (C=O) groups excluding carboxylic acids is 1. The van der Waals surface area contributed by atoms with Gasteiger partial charge in [-0.25, -0.2) is 9.59 Å². The molecule has 5 aromatic rings. The van der Waals surface area contributed by atoms with Gasteiger partial charge in [-0.1, -0.05) is 140 Å². The van der Waals surface area contributed by atoms with Gasteiger partial charge in [-0.2, -0.15) is 0 Å². The number of carbonyl (C=O) groups is 2. The standard InChI is InChI=1S/C20H16O4.C18H15OP/c1-2-24-20(23)18-16-13-9-5-3-7-11(13)15(17(18)19(21)22)12-8-4-6-10-14(12)16;19-20(16-10-4-1-5-11-16,17-12-6-2-7-13-17)18-14-8-3-9-15-18/h3-10,15-16H,2H2,1H3,(H,21,22);1-15H. The highest BCUT2D eigenvalue weighted by atomic mass is 31.2. The SMILES string of the molecule is CCOC(=O)C1=C(C(=O)O)C2c3ccccc3C1c1ccccc12.O=P(c1ccccc1)(c1ccccc1)c1ccccc1. The predicted octanol–water partition coefficient (Wildman–Crippen LogP) is 6.55. The molecule has 0 saturated carbocycles. The lowest BCUT2D eigenvalue weighted by Crippen LogP contribution is -2.34. The van der Waals surface area contributed by atoms with Crippen LogP contribution in [-0.4, -0.2) is 23.7 Å². The number of esters is 1. The molecule has 3 aliphatic rings. The molecule has 44 heavy (non-hydrogen) atoms. The van der Waals surface area contributed by atoms with Crippen LogP contribution in [0, 0.1) is 0 Å². The van der Waals surface area contributed by atoms with Crippen molar-refractivity contribution < 1.29 is 24.0 Å². The summed E-state index contributed by atoms with van der Waals surface area (Å²) in [7, 11) is -2.78. The maximum atomic E-state index is 13.8. The van der Waals surface area contributed by atoms with Gasteiger partial charge in [0.05, 0.1) is 17.8 Å². The van der Waals surface area contributed by atoms with Crippen LogP contribution in [0.15, 0.2) is 151 Å². The van der Waals surface area contributed by atoms with Crippen LogP contribution in [0.2, 0.25) is 0 Å². The zero-order valence-corrected chi connectivity index (χ0v) is 25.1. The van der Waals surface area contributed by atoms with Crippen molar-refractivity contribution in [3.63, 3.8) is 0 Å². The van der Waals surface area contributed by atoms with Crippen LogP contribution >= 0.6 is 7.14 Å². The van der Waals surface area contributed by atoms with Crippen molar-refractivity contribution in [1.82, 2.24) is 0 Å². The Morgan fingerprint density at radius 2 is 0.886 bits per heavy atom. The molecular weight excluding hydrogens is 567 g/mol. The highest BCUT2D eigenvalue weighted by Gasteiger charge is 2.47. The second kappa shape index (κ2) is 12.3. The topological polar surface area (TPSA) is 80.7 Å². The smallest absolute Gasteiger partial charge is 0.335 e. The normalized spacial score (nSPS) is 16.2. The van der Waals surface area contributed by atoms with Crippen LogP contribution < -0.4 is 15.9 Å². The van der Waals surface area contributed by atoms with Gasteiger partial charge in [0.1, 0.15) is 0 Å². The van der Waals surface area contributed by atoms with Gasteiger partial charge in [-0.3, -0.25) is 0 Å². The highest BCUT2D eigenvalue weighted by Crippen LogP contribution is 2.55. The minimum atomic E-state index is -2.78. The Morgan fingerprint density at radius 3 is 1.20 bits per heavy atom. The van der Waals surface area contributed by atoms with Crippen LogP contribution in [0.3, 0.4) is 0 Å². The third kappa shape index (κ3) is 5.00. The molecule has 8 rings (SSSR count). The molecule has 218 valence electrons. The molecule has 0 fully saturated rings. The molecule has 0 unspecified atom stereocenters. The Morgan fingerprint density at radius 1 is 0.568 bits per heavy atom. The fraction of sp³-hybridized carbons (Fsp3) is 0.105. The van der Waals surface area contributed by atoms with E-state index in [4.69, 9.17) is 4.74 Å². The third-order valence-electron chi connectivity index (χ3n) is 8.19. The molecule has 5 aromatic carbocycles. The molecule has 1 N–H and O–H groups in total. The summed E-state index contributed by atoms with van der Waals surface area (Å²) in [6.07, 6.45) is 0. The van der Waals surface area contributed by atoms with Crippen molar-refractivity contribution in [1.29, 1.82) is 0 Å². The zero-order chi connectivity index (χ0) is 30.7. The molecule has 3 aliphatic carbocycles. The third-order valence-corrected chi connectivity index (χ3v) is 11.3. The summed E-state index contributed by atoms with van der Waals surface area (Å²) in [5.74, 6) is -2.40. The Hall–Kier alpha value is -4.99. The summed E-state index contributed by atoms with van der Waals surface area (Å²) >= 11 is 0. The van der Waals surface area contributed by atoms with E-state index in [1.54, 1.807) is 6.92 Å². The second-order valence-electron chi connectivity index (χ2n) is 10.6. The number of benzene rings is 5. The first-order chi connectivity index (χ1) is 21.5. The first-order valence-corrected chi connectivity index (χ1v) is 16.3. The number of hydrogen-bond donors (Lipinski definition) is 1. The van der Waals surface area contributed by atoms with Crippen molar-refractivity contribution in [3.8, 4) is 0 Å². The average molecular weight is 599 g/mol. The van der Waals surface area contributed by atoms with Crippen LogP contribution in [0.4, 0.5) is 0 Å². The lowest BCUT2D eigenvalue weighted by molar-refractivity contribution is -0.140. The van der Waals surface area contributed by atoms with E-state index in [9.17, 15) is 19.3 Å². The van der Waals surface area contributed by atoms with Gasteiger partial charge in [0.15, 0.2) is 7.14 Å². The van der Waals surface area contributed by atoms with Crippen LogP contribution in [0.1, 0.15) is 41.0 Å². The summed E-state index contributed by atoms with van der Waals surface area (Å²) < 4.78 is 19.0. The monoisotopic (exact) mass is 598 g/mol. The molecule has 5 nitrogen and oxygen atoms in total. The number of hydrogen-bond acceptors (Lipinski definition) is 4. The highest BCUT2D eigenvalue weighted by molar-refractivity contribution is 7.85. The first kappa shape index (κ1) is 29.1. The van der Waals surface area contributed by atoms with E-state index in [-0.39, 0.29) is 23.7 Å². The quantitative estimate of drug-likeness (QED) is 0.177. The summed E-state index contributed by atoms with van der Waals surface area (Å²) in [5, 5.41) is 12.5. The molecule has 0 spiro atoms. The van der Waals surface area contributed by atoms with E-state index >= 15 is 0 Å². The average Bonchev–Trinajstić information content (AvgIpc) is 3.09. The van der Waals surface area contributed by atoms with E-state index in [0.717, 1.165) is 38.2 Å². The Balaban J connectivity index is 0.000000159. The maximum Gasteiger partial charge on any atom is 0.335 e. The van der Waals surface area contributed by atoms with E-state index in [0.29, 0.717) is 0 Å². The molecule has 0 aliphatic heterocycles. The van der Waals surface area contributed by atoms with Gasteiger partial charge >= 0.3 is 11.9 Å². The molecule has 0 heterocycles. The zero-order valence-electron chi connectivity index (χ0n) is 24.2. The van der Waals surface area contributed by atoms with Gasteiger partial charge in [0.25, 0.3) is 0 Å². The number of ether oxygens (including phenoxy) is 1. The number of aliphatic carboxylic acids is 1. The van der Waals surface area contributed by atoms with Crippen molar-refractivity contribution in [2.45, 2.75) is 18.8 Å². The number of rotatable bonds is 6. The molecule has 0 saturated heterocycles. The molecular formula is C38H31O5P. The molecule has 2 bridgehead atoms. The molecule has 0 atom stereocenters. The molecule has 0 aromatic heterocycles. The lowest BCUT2D eigenvalue weighted by Gasteiger charge is -2.41. The molecule has 6 heteroatoms. The Kier molecular flexibility index (Phi) is 8.15. The van der Waals surface area contributed by atoms with Crippen molar-refractivity contribution >= 4 is 35.0 Å². The van der Waals surface area contributed by atoms with Gasteiger partial charge < -0.3 is 14.4 Å². The molecule has 0 radical (unpaired) electrons. The largest absolute Gasteiger partial charge is 0.478 e. The van der Waals surface area contributed by atoms with Gasteiger partial charge in [-0.05, 0) is 29.2 Å².